The Balaban J connectivity index is 2.15. The van der Waals surface area contributed by atoms with Gasteiger partial charge in [0.1, 0.15) is 11.6 Å². The first-order valence-electron chi connectivity index (χ1n) is 5.37. The van der Waals surface area contributed by atoms with Crippen molar-refractivity contribution in [3.8, 4) is 0 Å². The van der Waals surface area contributed by atoms with E-state index in [0.29, 0.717) is 5.76 Å². The van der Waals surface area contributed by atoms with Crippen molar-refractivity contribution in [2.24, 2.45) is 0 Å². The fraction of sp³-hybridized carbons (Fsp3) is 0.154. The summed E-state index contributed by atoms with van der Waals surface area (Å²) in [6, 6.07) is 9.04. The second kappa shape index (κ2) is 5.23. The van der Waals surface area contributed by atoms with Crippen LogP contribution in [0.3, 0.4) is 0 Å². The summed E-state index contributed by atoms with van der Waals surface area (Å²) in [5.41, 5.74) is 0.111. The molecule has 1 unspecified atom stereocenters. The minimum absolute atomic E-state index is 0.0979. The third-order valence-electron chi connectivity index (χ3n) is 2.36. The molecule has 0 aliphatic heterocycles. The van der Waals surface area contributed by atoms with Gasteiger partial charge in [-0.15, -0.1) is 11.6 Å². The topological polar surface area (TPSA) is 42.2 Å². The van der Waals surface area contributed by atoms with Crippen molar-refractivity contribution in [3.05, 3.63) is 53.7 Å². The molecule has 0 spiro atoms. The monoisotopic (exact) mass is 267 g/mol. The molecular formula is C13H11ClFNO2. The van der Waals surface area contributed by atoms with Gasteiger partial charge in [0, 0.05) is 0 Å². The first kappa shape index (κ1) is 12.6. The van der Waals surface area contributed by atoms with Gasteiger partial charge in [-0.25, -0.2) is 4.39 Å². The highest BCUT2D eigenvalue weighted by atomic mass is 35.5. The van der Waals surface area contributed by atoms with Crippen molar-refractivity contribution in [2.75, 3.05) is 5.32 Å². The molecule has 0 saturated heterocycles. The SMILES string of the molecule is CC(Cl)c1ccc(C(=O)Nc2ccccc2F)o1. The Labute approximate surface area is 109 Å². The molecule has 3 nitrogen and oxygen atoms in total. The smallest absolute Gasteiger partial charge is 0.291 e. The molecule has 1 aromatic heterocycles. The molecule has 0 aliphatic carbocycles. The van der Waals surface area contributed by atoms with E-state index in [2.05, 4.69) is 5.32 Å². The maximum atomic E-state index is 13.3. The second-order valence-corrected chi connectivity index (χ2v) is 4.41. The summed E-state index contributed by atoms with van der Waals surface area (Å²) in [6.45, 7) is 1.74. The van der Waals surface area contributed by atoms with E-state index in [1.165, 1.54) is 18.2 Å². The van der Waals surface area contributed by atoms with Crippen molar-refractivity contribution in [1.29, 1.82) is 0 Å². The summed E-state index contributed by atoms with van der Waals surface area (Å²) in [6.07, 6.45) is 0. The predicted molar refractivity (Wildman–Crippen MR) is 67.3 cm³/mol. The number of hydrogen-bond donors (Lipinski definition) is 1. The van der Waals surface area contributed by atoms with Gasteiger partial charge >= 0.3 is 0 Å². The molecule has 0 radical (unpaired) electrons. The van der Waals surface area contributed by atoms with Gasteiger partial charge in [-0.1, -0.05) is 12.1 Å². The predicted octanol–water partition coefficient (Wildman–Crippen LogP) is 3.97. The number of furan rings is 1. The number of rotatable bonds is 3. The highest BCUT2D eigenvalue weighted by molar-refractivity contribution is 6.20. The highest BCUT2D eigenvalue weighted by Gasteiger charge is 2.14. The third-order valence-corrected chi connectivity index (χ3v) is 2.58. The van der Waals surface area contributed by atoms with Crippen LogP contribution in [0.2, 0.25) is 0 Å². The lowest BCUT2D eigenvalue weighted by Crippen LogP contribution is -2.11. The number of benzene rings is 1. The van der Waals surface area contributed by atoms with Crippen LogP contribution in [0.1, 0.15) is 28.6 Å². The fourth-order valence-corrected chi connectivity index (χ4v) is 1.55. The number of carbonyl (C=O) groups excluding carboxylic acids is 1. The fourth-order valence-electron chi connectivity index (χ4n) is 1.44. The molecule has 1 N–H and O–H groups in total. The largest absolute Gasteiger partial charge is 0.454 e. The van der Waals surface area contributed by atoms with Gasteiger partial charge in [0.2, 0.25) is 0 Å². The van der Waals surface area contributed by atoms with Crippen LogP contribution < -0.4 is 5.32 Å². The Bertz CT molecular complexity index is 566. The Morgan fingerprint density at radius 2 is 2.06 bits per heavy atom. The van der Waals surface area contributed by atoms with Crippen LogP contribution in [-0.2, 0) is 0 Å². The van der Waals surface area contributed by atoms with E-state index in [9.17, 15) is 9.18 Å². The van der Waals surface area contributed by atoms with E-state index in [1.54, 1.807) is 25.1 Å². The van der Waals surface area contributed by atoms with E-state index < -0.39 is 11.7 Å². The molecule has 0 fully saturated rings. The van der Waals surface area contributed by atoms with Gasteiger partial charge in [0.25, 0.3) is 5.91 Å². The Kier molecular flexibility index (Phi) is 3.67. The number of para-hydroxylation sites is 1. The Morgan fingerprint density at radius 1 is 1.33 bits per heavy atom. The molecule has 2 rings (SSSR count). The average Bonchev–Trinajstić information content (AvgIpc) is 2.81. The maximum absolute atomic E-state index is 13.3. The van der Waals surface area contributed by atoms with Crippen molar-refractivity contribution in [1.82, 2.24) is 0 Å². The van der Waals surface area contributed by atoms with E-state index in [0.717, 1.165) is 0 Å². The molecule has 94 valence electrons. The normalized spacial score (nSPS) is 12.2. The van der Waals surface area contributed by atoms with E-state index >= 15 is 0 Å². The molecule has 0 aliphatic rings. The maximum Gasteiger partial charge on any atom is 0.291 e. The molecule has 2 aromatic rings. The summed E-state index contributed by atoms with van der Waals surface area (Å²) in [4.78, 5) is 11.8. The zero-order valence-corrected chi connectivity index (χ0v) is 10.4. The quantitative estimate of drug-likeness (QED) is 0.855. The van der Waals surface area contributed by atoms with E-state index in [4.69, 9.17) is 16.0 Å². The van der Waals surface area contributed by atoms with Gasteiger partial charge in [0.15, 0.2) is 5.76 Å². The molecular weight excluding hydrogens is 257 g/mol. The first-order chi connectivity index (χ1) is 8.58. The molecule has 18 heavy (non-hydrogen) atoms. The molecule has 0 bridgehead atoms. The van der Waals surface area contributed by atoms with Crippen molar-refractivity contribution in [3.63, 3.8) is 0 Å². The van der Waals surface area contributed by atoms with E-state index in [-0.39, 0.29) is 16.8 Å². The summed E-state index contributed by atoms with van der Waals surface area (Å²) in [5.74, 6) is -0.414. The highest BCUT2D eigenvalue weighted by Crippen LogP contribution is 2.22. The van der Waals surface area contributed by atoms with Crippen LogP contribution in [0.25, 0.3) is 0 Å². The van der Waals surface area contributed by atoms with Gasteiger partial charge in [-0.2, -0.15) is 0 Å². The molecule has 1 atom stereocenters. The van der Waals surface area contributed by atoms with Crippen LogP contribution in [0.4, 0.5) is 10.1 Å². The number of amides is 1. The third kappa shape index (κ3) is 2.71. The van der Waals surface area contributed by atoms with Crippen molar-refractivity contribution < 1.29 is 13.6 Å². The van der Waals surface area contributed by atoms with Gasteiger partial charge in [-0.3, -0.25) is 4.79 Å². The minimum atomic E-state index is -0.510. The molecule has 1 heterocycles. The lowest BCUT2D eigenvalue weighted by atomic mass is 10.3. The van der Waals surface area contributed by atoms with Crippen LogP contribution >= 0.6 is 11.6 Å². The van der Waals surface area contributed by atoms with Crippen molar-refractivity contribution >= 4 is 23.2 Å². The van der Waals surface area contributed by atoms with Crippen LogP contribution in [0.15, 0.2) is 40.8 Å². The summed E-state index contributed by atoms with van der Waals surface area (Å²) >= 11 is 5.82. The minimum Gasteiger partial charge on any atom is -0.454 e. The molecule has 1 aromatic carbocycles. The average molecular weight is 268 g/mol. The lowest BCUT2D eigenvalue weighted by Gasteiger charge is -2.04. The van der Waals surface area contributed by atoms with Crippen LogP contribution in [-0.4, -0.2) is 5.91 Å². The number of alkyl halides is 1. The number of anilines is 1. The lowest BCUT2D eigenvalue weighted by molar-refractivity contribution is 0.0994. The number of carbonyl (C=O) groups is 1. The number of hydrogen-bond acceptors (Lipinski definition) is 2. The second-order valence-electron chi connectivity index (χ2n) is 3.75. The molecule has 0 saturated carbocycles. The Morgan fingerprint density at radius 3 is 2.67 bits per heavy atom. The molecule has 5 heteroatoms. The summed E-state index contributed by atoms with van der Waals surface area (Å²) in [7, 11) is 0. The van der Waals surface area contributed by atoms with Gasteiger partial charge < -0.3 is 9.73 Å². The molecule has 1 amide bonds. The zero-order valence-electron chi connectivity index (χ0n) is 9.61. The summed E-state index contributed by atoms with van der Waals surface area (Å²) < 4.78 is 18.6. The van der Waals surface area contributed by atoms with Crippen LogP contribution in [0.5, 0.6) is 0 Å². The number of nitrogens with one attached hydrogen (secondary N) is 1. The number of halogens is 2. The van der Waals surface area contributed by atoms with Gasteiger partial charge in [-0.05, 0) is 31.2 Å². The first-order valence-corrected chi connectivity index (χ1v) is 5.81. The van der Waals surface area contributed by atoms with E-state index in [1.807, 2.05) is 0 Å². The van der Waals surface area contributed by atoms with Crippen molar-refractivity contribution in [2.45, 2.75) is 12.3 Å². The standard InChI is InChI=1S/C13H11ClFNO2/c1-8(14)11-6-7-12(18-11)13(17)16-10-5-3-2-4-9(10)15/h2-8H,1H3,(H,16,17). The Hall–Kier alpha value is -1.81. The zero-order chi connectivity index (χ0) is 13.1. The van der Waals surface area contributed by atoms with Gasteiger partial charge in [0.05, 0.1) is 11.1 Å². The van der Waals surface area contributed by atoms with Crippen LogP contribution in [0, 0.1) is 5.82 Å². The summed E-state index contributed by atoms with van der Waals surface area (Å²) in [5, 5.41) is 2.11.